The molecule has 2 N–H and O–H groups in total. The maximum absolute atomic E-state index is 12.4. The predicted octanol–water partition coefficient (Wildman–Crippen LogP) is 2.93. The average Bonchev–Trinajstić information content (AvgIpc) is 2.57. The molecule has 0 aliphatic heterocycles. The first-order chi connectivity index (χ1) is 11.2. The topological polar surface area (TPSA) is 54.0 Å². The summed E-state index contributed by atoms with van der Waals surface area (Å²) in [6.07, 6.45) is 6.74. The molecule has 3 rings (SSSR count). The third-order valence-corrected chi connectivity index (χ3v) is 4.69. The lowest BCUT2D eigenvalue weighted by Gasteiger charge is -2.43. The molecule has 23 heavy (non-hydrogen) atoms. The Morgan fingerprint density at radius 2 is 1.87 bits per heavy atom. The molecule has 1 amide bonds. The zero-order valence-electron chi connectivity index (χ0n) is 13.5. The molecular formula is C19H23N3O. The summed E-state index contributed by atoms with van der Waals surface area (Å²) in [6.45, 7) is 2.37. The van der Waals surface area contributed by atoms with E-state index in [1.807, 2.05) is 30.3 Å². The van der Waals surface area contributed by atoms with Crippen molar-refractivity contribution >= 4 is 5.91 Å². The van der Waals surface area contributed by atoms with Crippen molar-refractivity contribution in [2.75, 3.05) is 6.54 Å². The molecule has 1 atom stereocenters. The Labute approximate surface area is 137 Å². The SMILES string of the molecule is CC(NCC(=O)NC1(c2ccccc2)CCC1)c1ccncc1. The predicted molar refractivity (Wildman–Crippen MR) is 90.8 cm³/mol. The highest BCUT2D eigenvalue weighted by Crippen LogP contribution is 2.41. The van der Waals surface area contributed by atoms with Crippen molar-refractivity contribution in [2.45, 2.75) is 37.8 Å². The highest BCUT2D eigenvalue weighted by molar-refractivity contribution is 5.79. The normalized spacial score (nSPS) is 17.1. The van der Waals surface area contributed by atoms with Gasteiger partial charge in [0.1, 0.15) is 0 Å². The van der Waals surface area contributed by atoms with E-state index in [1.54, 1.807) is 12.4 Å². The summed E-state index contributed by atoms with van der Waals surface area (Å²) < 4.78 is 0. The van der Waals surface area contributed by atoms with Gasteiger partial charge in [-0.25, -0.2) is 0 Å². The minimum atomic E-state index is -0.167. The molecule has 1 aliphatic carbocycles. The molecular weight excluding hydrogens is 286 g/mol. The standard InChI is InChI=1S/C19H23N3O/c1-15(16-8-12-20-13-9-16)21-14-18(23)22-19(10-5-11-19)17-6-3-2-4-7-17/h2-4,6-9,12-13,15,21H,5,10-11,14H2,1H3,(H,22,23). The molecule has 1 fully saturated rings. The van der Waals surface area contributed by atoms with Crippen LogP contribution >= 0.6 is 0 Å². The van der Waals surface area contributed by atoms with Crippen LogP contribution in [-0.2, 0) is 10.3 Å². The number of carbonyl (C=O) groups is 1. The molecule has 4 heteroatoms. The fourth-order valence-corrected chi connectivity index (χ4v) is 3.10. The van der Waals surface area contributed by atoms with E-state index in [2.05, 4.69) is 34.7 Å². The van der Waals surface area contributed by atoms with Crippen LogP contribution in [0.15, 0.2) is 54.9 Å². The number of aromatic nitrogens is 1. The monoisotopic (exact) mass is 309 g/mol. The zero-order valence-corrected chi connectivity index (χ0v) is 13.5. The van der Waals surface area contributed by atoms with Crippen LogP contribution in [0.2, 0.25) is 0 Å². The largest absolute Gasteiger partial charge is 0.345 e. The highest BCUT2D eigenvalue weighted by Gasteiger charge is 2.39. The number of amides is 1. The van der Waals surface area contributed by atoms with E-state index in [0.29, 0.717) is 6.54 Å². The average molecular weight is 309 g/mol. The molecule has 4 nitrogen and oxygen atoms in total. The smallest absolute Gasteiger partial charge is 0.234 e. The van der Waals surface area contributed by atoms with Gasteiger partial charge >= 0.3 is 0 Å². The molecule has 1 aromatic carbocycles. The van der Waals surface area contributed by atoms with Crippen LogP contribution in [0.4, 0.5) is 0 Å². The van der Waals surface area contributed by atoms with Crippen LogP contribution < -0.4 is 10.6 Å². The zero-order chi connectivity index (χ0) is 16.1. The number of benzene rings is 1. The van der Waals surface area contributed by atoms with Crippen LogP contribution in [0.25, 0.3) is 0 Å². The molecule has 1 unspecified atom stereocenters. The number of carbonyl (C=O) groups excluding carboxylic acids is 1. The number of hydrogen-bond acceptors (Lipinski definition) is 3. The summed E-state index contributed by atoms with van der Waals surface area (Å²) in [7, 11) is 0. The Morgan fingerprint density at radius 3 is 2.48 bits per heavy atom. The molecule has 0 radical (unpaired) electrons. The van der Waals surface area contributed by atoms with Gasteiger partial charge in [-0.05, 0) is 49.4 Å². The van der Waals surface area contributed by atoms with Crippen molar-refractivity contribution in [1.82, 2.24) is 15.6 Å². The van der Waals surface area contributed by atoms with E-state index in [1.165, 1.54) is 5.56 Å². The maximum Gasteiger partial charge on any atom is 0.234 e. The van der Waals surface area contributed by atoms with Gasteiger partial charge in [-0.2, -0.15) is 0 Å². The van der Waals surface area contributed by atoms with Gasteiger partial charge in [-0.15, -0.1) is 0 Å². The van der Waals surface area contributed by atoms with E-state index in [4.69, 9.17) is 0 Å². The van der Waals surface area contributed by atoms with Crippen molar-refractivity contribution in [3.05, 3.63) is 66.0 Å². The Hall–Kier alpha value is -2.20. The first kappa shape index (κ1) is 15.7. The number of hydrogen-bond donors (Lipinski definition) is 2. The van der Waals surface area contributed by atoms with E-state index < -0.39 is 0 Å². The minimum Gasteiger partial charge on any atom is -0.345 e. The lowest BCUT2D eigenvalue weighted by Crippen LogP contribution is -2.53. The van der Waals surface area contributed by atoms with Gasteiger partial charge < -0.3 is 10.6 Å². The fourth-order valence-electron chi connectivity index (χ4n) is 3.10. The lowest BCUT2D eigenvalue weighted by molar-refractivity contribution is -0.123. The fraction of sp³-hybridized carbons (Fsp3) is 0.368. The minimum absolute atomic E-state index is 0.0504. The summed E-state index contributed by atoms with van der Waals surface area (Å²) in [4.78, 5) is 16.4. The van der Waals surface area contributed by atoms with E-state index in [-0.39, 0.29) is 17.5 Å². The molecule has 1 saturated carbocycles. The van der Waals surface area contributed by atoms with Gasteiger partial charge in [-0.1, -0.05) is 30.3 Å². The quantitative estimate of drug-likeness (QED) is 0.862. The molecule has 1 aromatic heterocycles. The van der Waals surface area contributed by atoms with Crippen LogP contribution in [0.3, 0.4) is 0 Å². The molecule has 120 valence electrons. The Bertz CT molecular complexity index is 638. The van der Waals surface area contributed by atoms with Crippen LogP contribution in [-0.4, -0.2) is 17.4 Å². The van der Waals surface area contributed by atoms with Crippen molar-refractivity contribution < 1.29 is 4.79 Å². The third-order valence-electron chi connectivity index (χ3n) is 4.69. The van der Waals surface area contributed by atoms with Gasteiger partial charge in [0, 0.05) is 18.4 Å². The van der Waals surface area contributed by atoms with Crippen molar-refractivity contribution in [3.63, 3.8) is 0 Å². The third kappa shape index (κ3) is 3.59. The molecule has 0 spiro atoms. The van der Waals surface area contributed by atoms with Gasteiger partial charge in [0.2, 0.25) is 5.91 Å². The van der Waals surface area contributed by atoms with Gasteiger partial charge in [-0.3, -0.25) is 9.78 Å². The molecule has 1 aliphatic rings. The first-order valence-electron chi connectivity index (χ1n) is 8.19. The number of rotatable bonds is 6. The summed E-state index contributed by atoms with van der Waals surface area (Å²) in [5.74, 6) is 0.0504. The number of pyridine rings is 1. The van der Waals surface area contributed by atoms with E-state index in [0.717, 1.165) is 24.8 Å². The van der Waals surface area contributed by atoms with Crippen LogP contribution in [0.1, 0.15) is 43.4 Å². The number of nitrogens with one attached hydrogen (secondary N) is 2. The summed E-state index contributed by atoms with van der Waals surface area (Å²) in [5.41, 5.74) is 2.18. The second-order valence-electron chi connectivity index (χ2n) is 6.23. The van der Waals surface area contributed by atoms with Crippen LogP contribution in [0, 0.1) is 0 Å². The first-order valence-corrected chi connectivity index (χ1v) is 8.19. The molecule has 0 bridgehead atoms. The van der Waals surface area contributed by atoms with Crippen molar-refractivity contribution in [3.8, 4) is 0 Å². The number of nitrogens with zero attached hydrogens (tertiary/aromatic N) is 1. The summed E-state index contributed by atoms with van der Waals surface area (Å²) >= 11 is 0. The Kier molecular flexibility index (Phi) is 4.72. The van der Waals surface area contributed by atoms with Gasteiger partial charge in [0.25, 0.3) is 0 Å². The van der Waals surface area contributed by atoms with Crippen molar-refractivity contribution in [2.24, 2.45) is 0 Å². The summed E-state index contributed by atoms with van der Waals surface area (Å²) in [5, 5.41) is 6.52. The van der Waals surface area contributed by atoms with Crippen molar-refractivity contribution in [1.29, 1.82) is 0 Å². The van der Waals surface area contributed by atoms with Crippen LogP contribution in [0.5, 0.6) is 0 Å². The molecule has 1 heterocycles. The van der Waals surface area contributed by atoms with E-state index in [9.17, 15) is 4.79 Å². The molecule has 0 saturated heterocycles. The molecule has 2 aromatic rings. The van der Waals surface area contributed by atoms with E-state index >= 15 is 0 Å². The van der Waals surface area contributed by atoms with Gasteiger partial charge in [0.05, 0.1) is 12.1 Å². The Balaban J connectivity index is 1.57. The Morgan fingerprint density at radius 1 is 1.17 bits per heavy atom. The lowest BCUT2D eigenvalue weighted by atomic mass is 9.72. The maximum atomic E-state index is 12.4. The highest BCUT2D eigenvalue weighted by atomic mass is 16.2. The second kappa shape index (κ2) is 6.92. The second-order valence-corrected chi connectivity index (χ2v) is 6.23. The summed E-state index contributed by atoms with van der Waals surface area (Å²) in [6, 6.07) is 14.3. The van der Waals surface area contributed by atoms with Gasteiger partial charge in [0.15, 0.2) is 0 Å².